The molecule has 3 aromatic carbocycles. The molecule has 1 amide bonds. The highest BCUT2D eigenvalue weighted by Crippen LogP contribution is 2.48. The van der Waals surface area contributed by atoms with Crippen LogP contribution in [-0.2, 0) is 0 Å². The van der Waals surface area contributed by atoms with Gasteiger partial charge in [-0.2, -0.15) is 5.10 Å². The number of hydrazone groups is 1. The Balaban J connectivity index is 1.59. The molecule has 0 saturated heterocycles. The van der Waals surface area contributed by atoms with Crippen molar-refractivity contribution in [1.29, 1.82) is 0 Å². The van der Waals surface area contributed by atoms with Gasteiger partial charge in [0.1, 0.15) is 16.2 Å². The van der Waals surface area contributed by atoms with Gasteiger partial charge in [-0.15, -0.1) is 0 Å². The van der Waals surface area contributed by atoms with Gasteiger partial charge >= 0.3 is 0 Å². The van der Waals surface area contributed by atoms with Crippen molar-refractivity contribution in [3.05, 3.63) is 94.8 Å². The lowest BCUT2D eigenvalue weighted by Gasteiger charge is -2.22. The van der Waals surface area contributed by atoms with Crippen LogP contribution in [0, 0.1) is 17.5 Å². The average Bonchev–Trinajstić information content (AvgIpc) is 3.42. The van der Waals surface area contributed by atoms with Crippen LogP contribution in [0.4, 0.5) is 13.2 Å². The van der Waals surface area contributed by atoms with Crippen molar-refractivity contribution in [3.63, 3.8) is 0 Å². The highest BCUT2D eigenvalue weighted by molar-refractivity contribution is 8.14. The molecule has 0 aliphatic carbocycles. The summed E-state index contributed by atoms with van der Waals surface area (Å²) in [6.07, 6.45) is 0. The van der Waals surface area contributed by atoms with E-state index in [1.807, 2.05) is 0 Å². The van der Waals surface area contributed by atoms with E-state index >= 15 is 0 Å². The number of fused-ring (bicyclic) bond motifs is 1. The fraction of sp³-hybridized carbons (Fsp3) is 0.0909. The SMILES string of the molecule is O=C(c1cccc(F)c1)N1N=C(c2ccc(F)c(F)c2)SC1c1cccc2c1OCO2. The second kappa shape index (κ2) is 7.66. The molecule has 5 nitrogen and oxygen atoms in total. The molecule has 0 N–H and O–H groups in total. The molecular weight excluding hydrogens is 429 g/mol. The Labute approximate surface area is 179 Å². The van der Waals surface area contributed by atoms with Crippen LogP contribution in [0.2, 0.25) is 0 Å². The summed E-state index contributed by atoms with van der Waals surface area (Å²) in [6, 6.07) is 13.9. The van der Waals surface area contributed by atoms with Gasteiger partial charge in [0.25, 0.3) is 5.91 Å². The lowest BCUT2D eigenvalue weighted by molar-refractivity contribution is 0.0747. The Morgan fingerprint density at radius 2 is 1.84 bits per heavy atom. The molecule has 9 heteroatoms. The highest BCUT2D eigenvalue weighted by Gasteiger charge is 2.38. The van der Waals surface area contributed by atoms with E-state index in [4.69, 9.17) is 9.47 Å². The first kappa shape index (κ1) is 19.5. The van der Waals surface area contributed by atoms with Gasteiger partial charge < -0.3 is 9.47 Å². The van der Waals surface area contributed by atoms with Gasteiger partial charge in [0, 0.05) is 16.7 Å². The number of carbonyl (C=O) groups is 1. The number of ether oxygens (including phenoxy) is 2. The van der Waals surface area contributed by atoms with Crippen LogP contribution in [-0.4, -0.2) is 22.8 Å². The third kappa shape index (κ3) is 3.50. The summed E-state index contributed by atoms with van der Waals surface area (Å²) in [6.45, 7) is 0.0401. The Bertz CT molecular complexity index is 1230. The molecular formula is C22H13F3N2O3S. The van der Waals surface area contributed by atoms with Crippen LogP contribution < -0.4 is 9.47 Å². The van der Waals surface area contributed by atoms with Crippen molar-refractivity contribution in [2.24, 2.45) is 5.10 Å². The van der Waals surface area contributed by atoms with Crippen molar-refractivity contribution in [3.8, 4) is 11.5 Å². The quantitative estimate of drug-likeness (QED) is 0.568. The average molecular weight is 442 g/mol. The van der Waals surface area contributed by atoms with Crippen molar-refractivity contribution >= 4 is 22.7 Å². The minimum atomic E-state index is -1.02. The van der Waals surface area contributed by atoms with Gasteiger partial charge in [-0.1, -0.05) is 30.0 Å². The zero-order valence-corrected chi connectivity index (χ0v) is 16.5. The number of thioether (sulfide) groups is 1. The van der Waals surface area contributed by atoms with Crippen LogP contribution in [0.15, 0.2) is 65.8 Å². The fourth-order valence-corrected chi connectivity index (χ4v) is 4.50. The van der Waals surface area contributed by atoms with Gasteiger partial charge in [-0.3, -0.25) is 4.79 Å². The Morgan fingerprint density at radius 3 is 2.65 bits per heavy atom. The Kier molecular flexibility index (Phi) is 4.82. The monoisotopic (exact) mass is 442 g/mol. The van der Waals surface area contributed by atoms with E-state index in [-0.39, 0.29) is 12.4 Å². The topological polar surface area (TPSA) is 51.1 Å². The van der Waals surface area contributed by atoms with Crippen LogP contribution in [0.1, 0.15) is 26.9 Å². The third-order valence-electron chi connectivity index (χ3n) is 4.78. The maximum atomic E-state index is 13.8. The number of hydrogen-bond donors (Lipinski definition) is 0. The second-order valence-corrected chi connectivity index (χ2v) is 7.81. The number of halogens is 3. The minimum Gasteiger partial charge on any atom is -0.454 e. The van der Waals surface area contributed by atoms with Crippen molar-refractivity contribution in [1.82, 2.24) is 5.01 Å². The first-order valence-electron chi connectivity index (χ1n) is 9.19. The third-order valence-corrected chi connectivity index (χ3v) is 6.00. The summed E-state index contributed by atoms with van der Waals surface area (Å²) in [5, 5.41) is 5.19. The maximum Gasteiger partial charge on any atom is 0.275 e. The van der Waals surface area contributed by atoms with E-state index in [0.717, 1.165) is 18.2 Å². The molecule has 0 fully saturated rings. The van der Waals surface area contributed by atoms with E-state index in [9.17, 15) is 18.0 Å². The first-order valence-corrected chi connectivity index (χ1v) is 10.1. The Morgan fingerprint density at radius 1 is 1.00 bits per heavy atom. The normalized spacial score (nSPS) is 17.1. The molecule has 2 aliphatic rings. The predicted molar refractivity (Wildman–Crippen MR) is 108 cm³/mol. The molecule has 1 unspecified atom stereocenters. The van der Waals surface area contributed by atoms with Gasteiger partial charge in [-0.25, -0.2) is 18.2 Å². The number of nitrogens with zero attached hydrogens (tertiary/aromatic N) is 2. The summed E-state index contributed by atoms with van der Waals surface area (Å²) in [5.41, 5.74) is 1.03. The maximum absolute atomic E-state index is 13.8. The molecule has 156 valence electrons. The van der Waals surface area contributed by atoms with Crippen molar-refractivity contribution in [2.75, 3.05) is 6.79 Å². The molecule has 31 heavy (non-hydrogen) atoms. The van der Waals surface area contributed by atoms with E-state index in [1.54, 1.807) is 18.2 Å². The first-order chi connectivity index (χ1) is 15.0. The molecule has 0 bridgehead atoms. The van der Waals surface area contributed by atoms with Crippen LogP contribution >= 0.6 is 11.8 Å². The van der Waals surface area contributed by atoms with Gasteiger partial charge in [0.05, 0.1) is 0 Å². The summed E-state index contributed by atoms with van der Waals surface area (Å²) in [7, 11) is 0. The van der Waals surface area contributed by atoms with E-state index in [2.05, 4.69) is 5.10 Å². The zero-order chi connectivity index (χ0) is 21.5. The largest absolute Gasteiger partial charge is 0.454 e. The number of carbonyl (C=O) groups excluding carboxylic acids is 1. The smallest absolute Gasteiger partial charge is 0.275 e. The fourth-order valence-electron chi connectivity index (χ4n) is 3.33. The Hall–Kier alpha value is -3.46. The van der Waals surface area contributed by atoms with E-state index in [0.29, 0.717) is 27.7 Å². The summed E-state index contributed by atoms with van der Waals surface area (Å²) < 4.78 is 51.9. The molecule has 0 aromatic heterocycles. The lowest BCUT2D eigenvalue weighted by atomic mass is 10.1. The summed E-state index contributed by atoms with van der Waals surface area (Å²) in [4.78, 5) is 13.2. The van der Waals surface area contributed by atoms with Crippen LogP contribution in [0.5, 0.6) is 11.5 Å². The number of amides is 1. The standard InChI is InChI=1S/C22H13F3N2O3S/c23-14-4-1-3-13(9-14)21(28)27-22(15-5-2-6-18-19(15)30-11-29-18)31-20(26-27)12-7-8-16(24)17(25)10-12/h1-10,22H,11H2. The molecule has 1 atom stereocenters. The molecule has 2 aliphatic heterocycles. The van der Waals surface area contributed by atoms with E-state index < -0.39 is 28.7 Å². The molecule has 0 saturated carbocycles. The second-order valence-electron chi connectivity index (χ2n) is 6.75. The highest BCUT2D eigenvalue weighted by atomic mass is 32.2. The number of para-hydroxylation sites is 1. The van der Waals surface area contributed by atoms with E-state index in [1.165, 1.54) is 41.0 Å². The van der Waals surface area contributed by atoms with Gasteiger partial charge in [0.2, 0.25) is 6.79 Å². The molecule has 2 heterocycles. The van der Waals surface area contributed by atoms with Gasteiger partial charge in [-0.05, 0) is 42.5 Å². The summed E-state index contributed by atoms with van der Waals surface area (Å²) >= 11 is 1.17. The number of hydrogen-bond acceptors (Lipinski definition) is 5. The molecule has 3 aromatic rings. The predicted octanol–water partition coefficient (Wildman–Crippen LogP) is 5.08. The number of benzene rings is 3. The van der Waals surface area contributed by atoms with Crippen LogP contribution in [0.25, 0.3) is 0 Å². The molecule has 0 radical (unpaired) electrons. The van der Waals surface area contributed by atoms with Gasteiger partial charge in [0.15, 0.2) is 23.1 Å². The van der Waals surface area contributed by atoms with Crippen molar-refractivity contribution in [2.45, 2.75) is 5.37 Å². The minimum absolute atomic E-state index is 0.0401. The van der Waals surface area contributed by atoms with Crippen molar-refractivity contribution < 1.29 is 27.4 Å². The van der Waals surface area contributed by atoms with Crippen LogP contribution in [0.3, 0.4) is 0 Å². The zero-order valence-electron chi connectivity index (χ0n) is 15.7. The summed E-state index contributed by atoms with van der Waals surface area (Å²) in [5.74, 6) is -2.12. The lowest BCUT2D eigenvalue weighted by Crippen LogP contribution is -2.26. The molecule has 0 spiro atoms. The molecule has 5 rings (SSSR count). The number of rotatable bonds is 3.